The predicted octanol–water partition coefficient (Wildman–Crippen LogP) is 1.28. The molecule has 0 amide bonds. The van der Waals surface area contributed by atoms with Crippen molar-refractivity contribution in [1.82, 2.24) is 9.97 Å². The van der Waals surface area contributed by atoms with Gasteiger partial charge in [0, 0.05) is 0 Å². The SMILES string of the molecule is Cc1ncnc2c(C(=O)O)sc(N)c12. The number of carboxylic acids is 1. The molecule has 0 radical (unpaired) electrons. The summed E-state index contributed by atoms with van der Waals surface area (Å²) in [5.41, 5.74) is 6.82. The Morgan fingerprint density at radius 3 is 2.93 bits per heavy atom. The van der Waals surface area contributed by atoms with Crippen LogP contribution in [0.3, 0.4) is 0 Å². The maximum absolute atomic E-state index is 10.8. The first-order valence-electron chi connectivity index (χ1n) is 3.84. The van der Waals surface area contributed by atoms with Gasteiger partial charge in [-0.15, -0.1) is 11.3 Å². The Morgan fingerprint density at radius 1 is 1.57 bits per heavy atom. The fourth-order valence-corrected chi connectivity index (χ4v) is 2.20. The van der Waals surface area contributed by atoms with Crippen LogP contribution >= 0.6 is 11.3 Å². The predicted molar refractivity (Wildman–Crippen MR) is 53.5 cm³/mol. The van der Waals surface area contributed by atoms with E-state index in [1.54, 1.807) is 6.92 Å². The molecule has 2 aromatic heterocycles. The lowest BCUT2D eigenvalue weighted by Crippen LogP contribution is -1.94. The van der Waals surface area contributed by atoms with Crippen molar-refractivity contribution in [2.24, 2.45) is 0 Å². The summed E-state index contributed by atoms with van der Waals surface area (Å²) in [4.78, 5) is 18.9. The number of anilines is 1. The van der Waals surface area contributed by atoms with Crippen LogP contribution in [-0.2, 0) is 0 Å². The monoisotopic (exact) mass is 209 g/mol. The molecule has 2 aromatic rings. The van der Waals surface area contributed by atoms with Gasteiger partial charge < -0.3 is 10.8 Å². The highest BCUT2D eigenvalue weighted by molar-refractivity contribution is 7.19. The highest BCUT2D eigenvalue weighted by atomic mass is 32.1. The van der Waals surface area contributed by atoms with Crippen LogP contribution < -0.4 is 5.73 Å². The molecule has 0 aliphatic rings. The largest absolute Gasteiger partial charge is 0.477 e. The molecule has 3 N–H and O–H groups in total. The molecule has 0 fully saturated rings. The van der Waals surface area contributed by atoms with Crippen LogP contribution in [0, 0.1) is 6.92 Å². The van der Waals surface area contributed by atoms with Crippen molar-refractivity contribution in [3.63, 3.8) is 0 Å². The Hall–Kier alpha value is -1.69. The average Bonchev–Trinajstić information content (AvgIpc) is 2.45. The van der Waals surface area contributed by atoms with Crippen LogP contribution in [0.1, 0.15) is 15.4 Å². The quantitative estimate of drug-likeness (QED) is 0.738. The maximum Gasteiger partial charge on any atom is 0.348 e. The second-order valence-corrected chi connectivity index (χ2v) is 3.84. The Morgan fingerprint density at radius 2 is 2.29 bits per heavy atom. The number of thiophene rings is 1. The van der Waals surface area contributed by atoms with Crippen LogP contribution in [-0.4, -0.2) is 21.0 Å². The van der Waals surface area contributed by atoms with Crippen LogP contribution in [0.2, 0.25) is 0 Å². The first kappa shape index (κ1) is 8.89. The summed E-state index contributed by atoms with van der Waals surface area (Å²) in [7, 11) is 0. The minimum Gasteiger partial charge on any atom is -0.477 e. The molecular formula is C8H7N3O2S. The van der Waals surface area contributed by atoms with E-state index in [4.69, 9.17) is 10.8 Å². The zero-order chi connectivity index (χ0) is 10.3. The second kappa shape index (κ2) is 2.91. The molecule has 0 aliphatic heterocycles. The van der Waals surface area contributed by atoms with Gasteiger partial charge in [0.2, 0.25) is 0 Å². The van der Waals surface area contributed by atoms with E-state index in [0.717, 1.165) is 11.3 Å². The number of nitrogen functional groups attached to an aromatic ring is 1. The number of nitrogens with two attached hydrogens (primary N) is 1. The molecule has 14 heavy (non-hydrogen) atoms. The normalized spacial score (nSPS) is 10.6. The number of hydrogen-bond acceptors (Lipinski definition) is 5. The molecule has 0 bridgehead atoms. The lowest BCUT2D eigenvalue weighted by molar-refractivity contribution is 0.0704. The first-order chi connectivity index (χ1) is 6.61. The van der Waals surface area contributed by atoms with Gasteiger partial charge in [0.05, 0.1) is 16.1 Å². The van der Waals surface area contributed by atoms with Gasteiger partial charge in [-0.3, -0.25) is 0 Å². The van der Waals surface area contributed by atoms with Gasteiger partial charge in [0.1, 0.15) is 16.7 Å². The molecule has 0 aromatic carbocycles. The molecular weight excluding hydrogens is 202 g/mol. The minimum atomic E-state index is -1.00. The number of rotatable bonds is 1. The Bertz CT molecular complexity index is 521. The van der Waals surface area contributed by atoms with Crippen LogP contribution in [0.5, 0.6) is 0 Å². The van der Waals surface area contributed by atoms with Gasteiger partial charge in [-0.25, -0.2) is 14.8 Å². The van der Waals surface area contributed by atoms with E-state index >= 15 is 0 Å². The van der Waals surface area contributed by atoms with Crippen LogP contribution in [0.15, 0.2) is 6.33 Å². The number of aromatic nitrogens is 2. The van der Waals surface area contributed by atoms with Gasteiger partial charge in [0.15, 0.2) is 0 Å². The van der Waals surface area contributed by atoms with Gasteiger partial charge in [0.25, 0.3) is 0 Å². The van der Waals surface area contributed by atoms with E-state index in [-0.39, 0.29) is 4.88 Å². The zero-order valence-electron chi connectivity index (χ0n) is 7.31. The van der Waals surface area contributed by atoms with E-state index < -0.39 is 5.97 Å². The highest BCUT2D eigenvalue weighted by Crippen LogP contribution is 2.33. The third-order valence-electron chi connectivity index (χ3n) is 1.90. The molecule has 5 nitrogen and oxygen atoms in total. The van der Waals surface area contributed by atoms with Gasteiger partial charge in [-0.1, -0.05) is 0 Å². The third-order valence-corrected chi connectivity index (χ3v) is 2.90. The van der Waals surface area contributed by atoms with Crippen molar-refractivity contribution in [3.8, 4) is 0 Å². The summed E-state index contributed by atoms with van der Waals surface area (Å²) in [6, 6.07) is 0. The van der Waals surface area contributed by atoms with Crippen molar-refractivity contribution < 1.29 is 9.90 Å². The van der Waals surface area contributed by atoms with Crippen LogP contribution in [0.4, 0.5) is 5.00 Å². The topological polar surface area (TPSA) is 89.1 Å². The number of aryl methyl sites for hydroxylation is 1. The Kier molecular flexibility index (Phi) is 1.85. The lowest BCUT2D eigenvalue weighted by atomic mass is 10.2. The lowest BCUT2D eigenvalue weighted by Gasteiger charge is -1.94. The Labute approximate surface area is 83.2 Å². The highest BCUT2D eigenvalue weighted by Gasteiger charge is 2.17. The van der Waals surface area contributed by atoms with E-state index in [0.29, 0.717) is 21.6 Å². The summed E-state index contributed by atoms with van der Waals surface area (Å²) < 4.78 is 0. The van der Waals surface area contributed by atoms with Crippen LogP contribution in [0.25, 0.3) is 10.9 Å². The number of carbonyl (C=O) groups is 1. The molecule has 2 heterocycles. The standard InChI is InChI=1S/C8H7N3O2S/c1-3-4-5(11-2-10-3)6(8(12)13)14-7(4)9/h2H,9H2,1H3,(H,12,13). The molecule has 6 heteroatoms. The summed E-state index contributed by atoms with van der Waals surface area (Å²) in [6.45, 7) is 1.78. The zero-order valence-corrected chi connectivity index (χ0v) is 8.13. The number of nitrogens with zero attached hydrogens (tertiary/aromatic N) is 2. The van der Waals surface area contributed by atoms with Crippen molar-refractivity contribution >= 4 is 33.2 Å². The number of hydrogen-bond donors (Lipinski definition) is 2. The van der Waals surface area contributed by atoms with E-state index in [2.05, 4.69) is 9.97 Å². The van der Waals surface area contributed by atoms with Crippen molar-refractivity contribution in [1.29, 1.82) is 0 Å². The minimum absolute atomic E-state index is 0.169. The van der Waals surface area contributed by atoms with Gasteiger partial charge in [-0.05, 0) is 6.92 Å². The smallest absolute Gasteiger partial charge is 0.348 e. The van der Waals surface area contributed by atoms with Gasteiger partial charge >= 0.3 is 5.97 Å². The number of aromatic carboxylic acids is 1. The summed E-state index contributed by atoms with van der Waals surface area (Å²) in [6.07, 6.45) is 1.34. The first-order valence-corrected chi connectivity index (χ1v) is 4.65. The molecule has 0 unspecified atom stereocenters. The molecule has 72 valence electrons. The maximum atomic E-state index is 10.8. The van der Waals surface area contributed by atoms with Crippen molar-refractivity contribution in [2.75, 3.05) is 5.73 Å². The molecule has 0 saturated carbocycles. The third kappa shape index (κ3) is 1.12. The van der Waals surface area contributed by atoms with E-state index in [1.807, 2.05) is 0 Å². The average molecular weight is 209 g/mol. The molecule has 0 spiro atoms. The number of carboxylic acid groups (broad SMARTS) is 1. The van der Waals surface area contributed by atoms with Gasteiger partial charge in [-0.2, -0.15) is 0 Å². The molecule has 0 aliphatic carbocycles. The second-order valence-electron chi connectivity index (χ2n) is 2.78. The molecule has 0 saturated heterocycles. The van der Waals surface area contributed by atoms with E-state index in [1.165, 1.54) is 6.33 Å². The number of fused-ring (bicyclic) bond motifs is 1. The molecule has 2 rings (SSSR count). The molecule has 0 atom stereocenters. The fourth-order valence-electron chi connectivity index (χ4n) is 1.30. The van der Waals surface area contributed by atoms with E-state index in [9.17, 15) is 4.79 Å². The summed E-state index contributed by atoms with van der Waals surface area (Å²) in [5, 5.41) is 9.98. The van der Waals surface area contributed by atoms with Crippen molar-refractivity contribution in [3.05, 3.63) is 16.9 Å². The van der Waals surface area contributed by atoms with Crippen molar-refractivity contribution in [2.45, 2.75) is 6.92 Å². The summed E-state index contributed by atoms with van der Waals surface area (Å²) >= 11 is 1.03. The fraction of sp³-hybridized carbons (Fsp3) is 0.125. The summed E-state index contributed by atoms with van der Waals surface area (Å²) in [5.74, 6) is -1.00. The Balaban J connectivity index is 2.91.